The third-order valence-corrected chi connectivity index (χ3v) is 8.40. The summed E-state index contributed by atoms with van der Waals surface area (Å²) in [5.74, 6) is 3.33. The maximum atomic E-state index is 12.6. The normalized spacial score (nSPS) is 26.9. The van der Waals surface area contributed by atoms with Gasteiger partial charge < -0.3 is 0 Å². The van der Waals surface area contributed by atoms with Gasteiger partial charge in [-0.2, -0.15) is 13.2 Å². The lowest BCUT2D eigenvalue weighted by Gasteiger charge is -2.38. The van der Waals surface area contributed by atoms with Crippen LogP contribution in [0.5, 0.6) is 0 Å². The van der Waals surface area contributed by atoms with Crippen LogP contribution in [-0.4, -0.2) is 6.18 Å². The zero-order valence-electron chi connectivity index (χ0n) is 20.3. The van der Waals surface area contributed by atoms with Gasteiger partial charge >= 0.3 is 6.18 Å². The number of benzene rings is 1. The minimum atomic E-state index is -4.12. The molecule has 0 radical (unpaired) electrons. The third kappa shape index (κ3) is 8.75. The third-order valence-electron chi connectivity index (χ3n) is 8.40. The highest BCUT2D eigenvalue weighted by Crippen LogP contribution is 2.44. The molecule has 32 heavy (non-hydrogen) atoms. The van der Waals surface area contributed by atoms with Gasteiger partial charge in [0.05, 0.1) is 6.42 Å². The Balaban J connectivity index is 1.31. The largest absolute Gasteiger partial charge is 0.393 e. The average Bonchev–Trinajstić information content (AvgIpc) is 2.79. The SMILES string of the molecule is CCCCCCCCCC1CCC(C2CCC(c3ccc(CC(F)(F)F)cc3)CC2)CC1. The van der Waals surface area contributed by atoms with Gasteiger partial charge in [0.2, 0.25) is 0 Å². The van der Waals surface area contributed by atoms with E-state index in [9.17, 15) is 13.2 Å². The highest BCUT2D eigenvalue weighted by molar-refractivity contribution is 5.26. The van der Waals surface area contributed by atoms with E-state index in [1.807, 2.05) is 12.1 Å². The highest BCUT2D eigenvalue weighted by Gasteiger charge is 2.31. The van der Waals surface area contributed by atoms with Crippen LogP contribution >= 0.6 is 0 Å². The quantitative estimate of drug-likeness (QED) is 0.294. The Hall–Kier alpha value is -0.990. The predicted octanol–water partition coefficient (Wildman–Crippen LogP) is 10.0. The van der Waals surface area contributed by atoms with Gasteiger partial charge in [-0.15, -0.1) is 0 Å². The predicted molar refractivity (Wildman–Crippen MR) is 129 cm³/mol. The number of unbranched alkanes of at least 4 members (excludes halogenated alkanes) is 6. The van der Waals surface area contributed by atoms with Crippen LogP contribution in [0.3, 0.4) is 0 Å². The Labute approximate surface area is 194 Å². The van der Waals surface area contributed by atoms with E-state index >= 15 is 0 Å². The van der Waals surface area contributed by atoms with Gasteiger partial charge in [-0.25, -0.2) is 0 Å². The molecule has 3 rings (SSSR count). The van der Waals surface area contributed by atoms with Gasteiger partial charge in [0, 0.05) is 0 Å². The maximum Gasteiger partial charge on any atom is 0.393 e. The number of rotatable bonds is 11. The summed E-state index contributed by atoms with van der Waals surface area (Å²) < 4.78 is 37.7. The van der Waals surface area contributed by atoms with E-state index in [1.54, 1.807) is 12.1 Å². The van der Waals surface area contributed by atoms with Gasteiger partial charge in [0.1, 0.15) is 0 Å². The van der Waals surface area contributed by atoms with Gasteiger partial charge in [-0.1, -0.05) is 95.4 Å². The van der Waals surface area contributed by atoms with Crippen LogP contribution in [0.25, 0.3) is 0 Å². The van der Waals surface area contributed by atoms with E-state index in [4.69, 9.17) is 0 Å². The second-order valence-electron chi connectivity index (χ2n) is 10.8. The molecule has 0 nitrogen and oxygen atoms in total. The molecule has 0 amide bonds. The number of hydrogen-bond donors (Lipinski definition) is 0. The van der Waals surface area contributed by atoms with Crippen LogP contribution < -0.4 is 0 Å². The smallest absolute Gasteiger partial charge is 0.171 e. The summed E-state index contributed by atoms with van der Waals surface area (Å²) in [4.78, 5) is 0. The molecule has 0 atom stereocenters. The Bertz CT molecular complexity index is 617. The fraction of sp³-hybridized carbons (Fsp3) is 0.793. The lowest BCUT2D eigenvalue weighted by Crippen LogP contribution is -2.25. The topological polar surface area (TPSA) is 0 Å². The first-order valence-corrected chi connectivity index (χ1v) is 13.6. The molecule has 2 fully saturated rings. The molecule has 182 valence electrons. The molecule has 1 aromatic rings. The minimum Gasteiger partial charge on any atom is -0.171 e. The molecule has 0 aromatic heterocycles. The number of halogens is 3. The van der Waals surface area contributed by atoms with Gasteiger partial charge in [-0.05, 0) is 73.3 Å². The van der Waals surface area contributed by atoms with Crippen LogP contribution in [-0.2, 0) is 6.42 Å². The maximum absolute atomic E-state index is 12.6. The van der Waals surface area contributed by atoms with Crippen LogP contribution in [0, 0.1) is 17.8 Å². The first-order chi connectivity index (χ1) is 15.4. The fourth-order valence-electron chi connectivity index (χ4n) is 6.40. The molecule has 0 unspecified atom stereocenters. The molecule has 0 bridgehead atoms. The molecule has 1 aromatic carbocycles. The van der Waals surface area contributed by atoms with Crippen molar-refractivity contribution in [3.05, 3.63) is 35.4 Å². The van der Waals surface area contributed by atoms with Gasteiger partial charge in [0.15, 0.2) is 0 Å². The molecule has 3 heteroatoms. The van der Waals surface area contributed by atoms with E-state index in [2.05, 4.69) is 6.92 Å². The first-order valence-electron chi connectivity index (χ1n) is 13.6. The first kappa shape index (κ1) is 25.6. The fourth-order valence-corrected chi connectivity index (χ4v) is 6.40. The summed E-state index contributed by atoms with van der Waals surface area (Å²) in [6.07, 6.45) is 17.2. The second kappa shape index (κ2) is 13.0. The molecule has 0 N–H and O–H groups in total. The minimum absolute atomic E-state index is 0.378. The monoisotopic (exact) mass is 450 g/mol. The Kier molecular flexibility index (Phi) is 10.4. The van der Waals surface area contributed by atoms with Crippen molar-refractivity contribution in [2.45, 2.75) is 128 Å². The van der Waals surface area contributed by atoms with Crippen molar-refractivity contribution < 1.29 is 13.2 Å². The van der Waals surface area contributed by atoms with Crippen molar-refractivity contribution in [2.75, 3.05) is 0 Å². The summed E-state index contributed by atoms with van der Waals surface area (Å²) in [6, 6.07) is 7.25. The van der Waals surface area contributed by atoms with Crippen molar-refractivity contribution in [3.63, 3.8) is 0 Å². The van der Waals surface area contributed by atoms with Crippen molar-refractivity contribution in [1.82, 2.24) is 0 Å². The van der Waals surface area contributed by atoms with Crippen molar-refractivity contribution >= 4 is 0 Å². The summed E-state index contributed by atoms with van der Waals surface area (Å²) in [6.45, 7) is 2.28. The number of alkyl halides is 3. The second-order valence-corrected chi connectivity index (χ2v) is 10.8. The Morgan fingerprint density at radius 1 is 0.688 bits per heavy atom. The summed E-state index contributed by atoms with van der Waals surface area (Å²) in [5.41, 5.74) is 1.62. The molecular weight excluding hydrogens is 405 g/mol. The molecule has 0 heterocycles. The summed E-state index contributed by atoms with van der Waals surface area (Å²) in [7, 11) is 0. The van der Waals surface area contributed by atoms with Gasteiger partial charge in [-0.3, -0.25) is 0 Å². The molecular formula is C29H45F3. The standard InChI is InChI=1S/C29H45F3/c1-2-3-4-5-6-7-8-9-23-10-14-25(15-11-23)27-18-20-28(21-19-27)26-16-12-24(13-17-26)22-29(30,31)32/h12-13,16-17,23,25,27-28H,2-11,14-15,18-22H2,1H3. The van der Waals surface area contributed by atoms with E-state index in [0.29, 0.717) is 11.5 Å². The van der Waals surface area contributed by atoms with Crippen LogP contribution in [0.15, 0.2) is 24.3 Å². The summed E-state index contributed by atoms with van der Waals surface area (Å²) in [5, 5.41) is 0. The Morgan fingerprint density at radius 2 is 1.22 bits per heavy atom. The van der Waals surface area contributed by atoms with E-state index in [1.165, 1.54) is 108 Å². The molecule has 0 spiro atoms. The average molecular weight is 451 g/mol. The summed E-state index contributed by atoms with van der Waals surface area (Å²) >= 11 is 0. The van der Waals surface area contributed by atoms with Gasteiger partial charge in [0.25, 0.3) is 0 Å². The Morgan fingerprint density at radius 3 is 1.78 bits per heavy atom. The molecule has 0 saturated heterocycles. The molecule has 2 aliphatic rings. The van der Waals surface area contributed by atoms with E-state index in [-0.39, 0.29) is 0 Å². The van der Waals surface area contributed by atoms with Crippen LogP contribution in [0.1, 0.15) is 127 Å². The van der Waals surface area contributed by atoms with Crippen molar-refractivity contribution in [1.29, 1.82) is 0 Å². The van der Waals surface area contributed by atoms with E-state index in [0.717, 1.165) is 17.8 Å². The molecule has 0 aliphatic heterocycles. The van der Waals surface area contributed by atoms with E-state index < -0.39 is 12.6 Å². The molecule has 2 aliphatic carbocycles. The van der Waals surface area contributed by atoms with Crippen molar-refractivity contribution in [3.8, 4) is 0 Å². The van der Waals surface area contributed by atoms with Crippen LogP contribution in [0.4, 0.5) is 13.2 Å². The number of hydrogen-bond acceptors (Lipinski definition) is 0. The highest BCUT2D eigenvalue weighted by atomic mass is 19.4. The molecule has 2 saturated carbocycles. The van der Waals surface area contributed by atoms with Crippen molar-refractivity contribution in [2.24, 2.45) is 17.8 Å². The zero-order chi connectivity index (χ0) is 22.8. The lowest BCUT2D eigenvalue weighted by molar-refractivity contribution is -0.127. The zero-order valence-corrected chi connectivity index (χ0v) is 20.3. The lowest BCUT2D eigenvalue weighted by atomic mass is 9.68. The van der Waals surface area contributed by atoms with Crippen LogP contribution in [0.2, 0.25) is 0 Å².